The number of benzene rings is 1. The number of nitrogens with two attached hydrogens (primary N) is 1. The summed E-state index contributed by atoms with van der Waals surface area (Å²) in [7, 11) is 1.55. The van der Waals surface area contributed by atoms with Gasteiger partial charge in [0, 0.05) is 13.5 Å². The third-order valence-electron chi connectivity index (χ3n) is 4.69. The van der Waals surface area contributed by atoms with E-state index in [1.807, 2.05) is 19.9 Å². The summed E-state index contributed by atoms with van der Waals surface area (Å²) < 4.78 is 15.1. The van der Waals surface area contributed by atoms with Crippen LogP contribution in [0.15, 0.2) is 30.3 Å². The van der Waals surface area contributed by atoms with Crippen LogP contribution in [0.25, 0.3) is 0 Å². The Balaban J connectivity index is 2.77. The smallest absolute Gasteiger partial charge is 0.407 e. The van der Waals surface area contributed by atoms with E-state index in [9.17, 15) is 19.2 Å². The van der Waals surface area contributed by atoms with Gasteiger partial charge in [-0.2, -0.15) is 0 Å². The van der Waals surface area contributed by atoms with Gasteiger partial charge in [-0.05, 0) is 24.3 Å². The summed E-state index contributed by atoms with van der Waals surface area (Å²) in [6.07, 6.45) is 0.279. The molecule has 0 aromatic heterocycles. The van der Waals surface area contributed by atoms with E-state index in [1.165, 1.54) is 0 Å². The van der Waals surface area contributed by atoms with E-state index in [0.717, 1.165) is 5.56 Å². The third-order valence-corrected chi connectivity index (χ3v) is 4.69. The second-order valence-corrected chi connectivity index (χ2v) is 7.89. The SMILES string of the molecule is COCCOCCOC(=O)N[C@@H](CCC(C)C)C(=O)N[C@@H](Cc1ccccc1)C(=O)C(N)=O. The van der Waals surface area contributed by atoms with Gasteiger partial charge < -0.3 is 30.6 Å². The Morgan fingerprint density at radius 2 is 1.58 bits per heavy atom. The van der Waals surface area contributed by atoms with Crippen molar-refractivity contribution in [2.24, 2.45) is 11.7 Å². The number of ether oxygens (including phenoxy) is 3. The monoisotopic (exact) mass is 465 g/mol. The van der Waals surface area contributed by atoms with Crippen LogP contribution in [0.4, 0.5) is 4.79 Å². The van der Waals surface area contributed by atoms with Crippen LogP contribution >= 0.6 is 0 Å². The molecule has 1 rings (SSSR count). The van der Waals surface area contributed by atoms with Crippen molar-refractivity contribution in [1.29, 1.82) is 0 Å². The van der Waals surface area contributed by atoms with E-state index >= 15 is 0 Å². The molecule has 1 aromatic carbocycles. The Labute approximate surface area is 194 Å². The second-order valence-electron chi connectivity index (χ2n) is 7.89. The predicted octanol–water partition coefficient (Wildman–Crippen LogP) is 0.962. The fourth-order valence-corrected chi connectivity index (χ4v) is 2.89. The van der Waals surface area contributed by atoms with Crippen molar-refractivity contribution < 1.29 is 33.4 Å². The summed E-state index contributed by atoms with van der Waals surface area (Å²) >= 11 is 0. The molecule has 3 amide bonds. The van der Waals surface area contributed by atoms with E-state index in [1.54, 1.807) is 31.4 Å². The number of rotatable bonds is 16. The quantitative estimate of drug-likeness (QED) is 0.243. The molecule has 33 heavy (non-hydrogen) atoms. The highest BCUT2D eigenvalue weighted by atomic mass is 16.6. The topological polar surface area (TPSA) is 146 Å². The lowest BCUT2D eigenvalue weighted by Crippen LogP contribution is -2.54. The first-order chi connectivity index (χ1) is 15.7. The number of primary amides is 1. The van der Waals surface area contributed by atoms with Gasteiger partial charge in [0.15, 0.2) is 0 Å². The molecule has 0 fully saturated rings. The lowest BCUT2D eigenvalue weighted by atomic mass is 9.99. The predicted molar refractivity (Wildman–Crippen MR) is 121 cm³/mol. The van der Waals surface area contributed by atoms with Gasteiger partial charge in [-0.25, -0.2) is 4.79 Å². The molecule has 0 heterocycles. The second kappa shape index (κ2) is 15.8. The largest absolute Gasteiger partial charge is 0.447 e. The van der Waals surface area contributed by atoms with E-state index in [4.69, 9.17) is 19.9 Å². The summed E-state index contributed by atoms with van der Waals surface area (Å²) in [4.78, 5) is 48.9. The number of amides is 3. The first-order valence-electron chi connectivity index (χ1n) is 10.9. The Morgan fingerprint density at radius 3 is 2.18 bits per heavy atom. The average Bonchev–Trinajstić information content (AvgIpc) is 2.78. The van der Waals surface area contributed by atoms with Crippen molar-refractivity contribution in [3.63, 3.8) is 0 Å². The molecule has 184 valence electrons. The van der Waals surface area contributed by atoms with E-state index in [2.05, 4.69) is 10.6 Å². The lowest BCUT2D eigenvalue weighted by molar-refractivity contribution is -0.138. The summed E-state index contributed by atoms with van der Waals surface area (Å²) in [5.74, 6) is -2.37. The van der Waals surface area contributed by atoms with E-state index < -0.39 is 35.8 Å². The molecule has 0 aliphatic carbocycles. The van der Waals surface area contributed by atoms with Crippen LogP contribution in [0, 0.1) is 5.92 Å². The minimum Gasteiger partial charge on any atom is -0.447 e. The van der Waals surface area contributed by atoms with Crippen molar-refractivity contribution >= 4 is 23.7 Å². The maximum atomic E-state index is 12.9. The number of carbonyl (C=O) groups is 4. The van der Waals surface area contributed by atoms with Crippen molar-refractivity contribution in [2.45, 2.75) is 45.2 Å². The number of ketones is 1. The molecule has 0 spiro atoms. The highest BCUT2D eigenvalue weighted by Crippen LogP contribution is 2.09. The van der Waals surface area contributed by atoms with E-state index in [-0.39, 0.29) is 25.6 Å². The molecule has 10 heteroatoms. The fourth-order valence-electron chi connectivity index (χ4n) is 2.89. The van der Waals surface area contributed by atoms with Gasteiger partial charge in [-0.3, -0.25) is 14.4 Å². The molecule has 0 saturated carbocycles. The zero-order valence-electron chi connectivity index (χ0n) is 19.5. The number of alkyl carbamates (subject to hydrolysis) is 1. The molecular formula is C23H35N3O7. The maximum Gasteiger partial charge on any atom is 0.407 e. The molecule has 0 radical (unpaired) electrons. The zero-order valence-corrected chi connectivity index (χ0v) is 19.5. The average molecular weight is 466 g/mol. The van der Waals surface area contributed by atoms with E-state index in [0.29, 0.717) is 26.1 Å². The Bertz CT molecular complexity index is 756. The van der Waals surface area contributed by atoms with Gasteiger partial charge >= 0.3 is 6.09 Å². The third kappa shape index (κ3) is 12.0. The van der Waals surface area contributed by atoms with Crippen molar-refractivity contribution in [1.82, 2.24) is 10.6 Å². The first-order valence-corrected chi connectivity index (χ1v) is 10.9. The molecule has 10 nitrogen and oxygen atoms in total. The Kier molecular flexibility index (Phi) is 13.4. The zero-order chi connectivity index (χ0) is 24.6. The van der Waals surface area contributed by atoms with Gasteiger partial charge in [0.05, 0.1) is 19.8 Å². The molecule has 0 aliphatic rings. The van der Waals surface area contributed by atoms with Crippen molar-refractivity contribution in [3.8, 4) is 0 Å². The van der Waals surface area contributed by atoms with Crippen LogP contribution in [0.1, 0.15) is 32.3 Å². The molecule has 1 aromatic rings. The van der Waals surface area contributed by atoms with Gasteiger partial charge in [-0.15, -0.1) is 0 Å². The summed E-state index contributed by atoms with van der Waals surface area (Å²) in [5.41, 5.74) is 5.92. The molecule has 0 bridgehead atoms. The highest BCUT2D eigenvalue weighted by molar-refractivity contribution is 6.37. The molecular weight excluding hydrogens is 430 g/mol. The lowest BCUT2D eigenvalue weighted by Gasteiger charge is -2.23. The standard InChI is InChI=1S/C23H35N3O7/c1-16(2)9-10-18(26-23(30)33-14-13-32-12-11-31-3)22(29)25-19(20(27)21(24)28)15-17-7-5-4-6-8-17/h4-8,16,18-19H,9-15H2,1-3H3,(H2,24,28)(H,25,29)(H,26,30)/t18-,19-/m0/s1. The normalized spacial score (nSPS) is 12.6. The summed E-state index contributed by atoms with van der Waals surface area (Å²) in [5, 5.41) is 5.10. The van der Waals surface area contributed by atoms with Crippen LogP contribution in [0.3, 0.4) is 0 Å². The highest BCUT2D eigenvalue weighted by Gasteiger charge is 2.29. The van der Waals surface area contributed by atoms with Crippen LogP contribution in [0.2, 0.25) is 0 Å². The van der Waals surface area contributed by atoms with Gasteiger partial charge in [0.25, 0.3) is 5.91 Å². The number of methoxy groups -OCH3 is 1. The van der Waals surface area contributed by atoms with Crippen molar-refractivity contribution in [3.05, 3.63) is 35.9 Å². The number of hydrogen-bond acceptors (Lipinski definition) is 7. The Hall–Kier alpha value is -2.98. The van der Waals surface area contributed by atoms with Crippen LogP contribution in [-0.4, -0.2) is 69.3 Å². The van der Waals surface area contributed by atoms with Crippen LogP contribution in [-0.2, 0) is 35.0 Å². The summed E-state index contributed by atoms with van der Waals surface area (Å²) in [6.45, 7) is 4.96. The fraction of sp³-hybridized carbons (Fsp3) is 0.565. The number of nitrogens with one attached hydrogen (secondary N) is 2. The van der Waals surface area contributed by atoms with Crippen molar-refractivity contribution in [2.75, 3.05) is 33.5 Å². The minimum atomic E-state index is -1.15. The molecule has 4 N–H and O–H groups in total. The van der Waals surface area contributed by atoms with Gasteiger partial charge in [0.2, 0.25) is 11.7 Å². The number of hydrogen-bond donors (Lipinski definition) is 3. The molecule has 0 aliphatic heterocycles. The van der Waals surface area contributed by atoms with Gasteiger partial charge in [0.1, 0.15) is 18.7 Å². The molecule has 0 saturated heterocycles. The summed E-state index contributed by atoms with van der Waals surface area (Å²) in [6, 6.07) is 6.82. The number of Topliss-reactive ketones (excluding diaryl/α,β-unsaturated/α-hetero) is 1. The van der Waals surface area contributed by atoms with Crippen LogP contribution < -0.4 is 16.4 Å². The Morgan fingerprint density at radius 1 is 0.909 bits per heavy atom. The first kappa shape index (κ1) is 28.1. The minimum absolute atomic E-state index is 0.00482. The maximum absolute atomic E-state index is 12.9. The van der Waals surface area contributed by atoms with Gasteiger partial charge in [-0.1, -0.05) is 44.2 Å². The molecule has 2 atom stereocenters. The number of carbonyl (C=O) groups excluding carboxylic acids is 4. The van der Waals surface area contributed by atoms with Crippen LogP contribution in [0.5, 0.6) is 0 Å². The molecule has 0 unspecified atom stereocenters.